The number of nitrogens with zero attached hydrogens (tertiary/aromatic N) is 5. The second-order valence-corrected chi connectivity index (χ2v) is 7.50. The molecule has 0 spiro atoms. The Morgan fingerprint density at radius 1 is 1.00 bits per heavy atom. The summed E-state index contributed by atoms with van der Waals surface area (Å²) in [6.07, 6.45) is 1.37. The molecule has 28 heavy (non-hydrogen) atoms. The predicted octanol–water partition coefficient (Wildman–Crippen LogP) is 1.64. The summed E-state index contributed by atoms with van der Waals surface area (Å²) in [5.74, 6) is 0.0861. The molecule has 2 aliphatic heterocycles. The van der Waals surface area contributed by atoms with Gasteiger partial charge in [0.2, 0.25) is 5.91 Å². The first-order valence-electron chi connectivity index (χ1n) is 9.62. The highest BCUT2D eigenvalue weighted by Crippen LogP contribution is 2.29. The summed E-state index contributed by atoms with van der Waals surface area (Å²) in [6, 6.07) is 6.71. The summed E-state index contributed by atoms with van der Waals surface area (Å²) in [4.78, 5) is 43.0. The Morgan fingerprint density at radius 3 is 2.18 bits per heavy atom. The Bertz CT molecular complexity index is 738. The minimum Gasteiger partial charge on any atom is -0.362 e. The first-order chi connectivity index (χ1) is 13.4. The van der Waals surface area contributed by atoms with Crippen molar-refractivity contribution in [1.82, 2.24) is 14.7 Å². The van der Waals surface area contributed by atoms with E-state index < -0.39 is 0 Å². The van der Waals surface area contributed by atoms with Gasteiger partial charge in [-0.15, -0.1) is 0 Å². The van der Waals surface area contributed by atoms with Gasteiger partial charge >= 0.3 is 6.03 Å². The summed E-state index contributed by atoms with van der Waals surface area (Å²) in [7, 11) is 3.46. The fourth-order valence-electron chi connectivity index (χ4n) is 3.91. The molecule has 0 aliphatic carbocycles. The van der Waals surface area contributed by atoms with E-state index >= 15 is 0 Å². The number of piperazine rings is 1. The van der Waals surface area contributed by atoms with Gasteiger partial charge in [-0.25, -0.2) is 4.79 Å². The quantitative estimate of drug-likeness (QED) is 0.579. The van der Waals surface area contributed by atoms with Gasteiger partial charge in [0.15, 0.2) is 0 Å². The number of rotatable bonds is 3. The molecule has 2 saturated heterocycles. The van der Waals surface area contributed by atoms with E-state index in [1.165, 1.54) is 6.07 Å². The number of benzene rings is 1. The fourth-order valence-corrected chi connectivity index (χ4v) is 3.91. The summed E-state index contributed by atoms with van der Waals surface area (Å²) in [5, 5.41) is 11.2. The molecule has 3 amide bonds. The van der Waals surface area contributed by atoms with Crippen molar-refractivity contribution < 1.29 is 14.5 Å². The standard InChI is InChI=1S/C19H27N5O4/c1-20(2)19(26)23-9-7-15(8-10-23)18(25)22-13-11-21(12-14-22)16-5-3-4-6-17(16)24(27)28/h3-6,15H,7-14H2,1-2H3. The van der Waals surface area contributed by atoms with Crippen LogP contribution in [0.25, 0.3) is 0 Å². The van der Waals surface area contributed by atoms with Crippen molar-refractivity contribution in [2.75, 3.05) is 58.3 Å². The van der Waals surface area contributed by atoms with Crippen LogP contribution in [0, 0.1) is 16.0 Å². The predicted molar refractivity (Wildman–Crippen MR) is 105 cm³/mol. The van der Waals surface area contributed by atoms with Crippen LogP contribution in [-0.2, 0) is 4.79 Å². The number of hydrogen-bond acceptors (Lipinski definition) is 5. The number of anilines is 1. The highest BCUT2D eigenvalue weighted by Gasteiger charge is 2.32. The topological polar surface area (TPSA) is 90.2 Å². The number of carbonyl (C=O) groups excluding carboxylic acids is 2. The molecule has 0 bridgehead atoms. The van der Waals surface area contributed by atoms with Gasteiger partial charge in [-0.1, -0.05) is 12.1 Å². The van der Waals surface area contributed by atoms with Gasteiger partial charge in [0.1, 0.15) is 5.69 Å². The van der Waals surface area contributed by atoms with Crippen LogP contribution < -0.4 is 4.90 Å². The molecule has 0 saturated carbocycles. The normalized spacial score (nSPS) is 18.1. The number of nitro groups is 1. The number of likely N-dealkylation sites (tertiary alicyclic amines) is 1. The van der Waals surface area contributed by atoms with Gasteiger partial charge in [-0.2, -0.15) is 0 Å². The minimum atomic E-state index is -0.365. The number of piperidine rings is 1. The molecular weight excluding hydrogens is 362 g/mol. The summed E-state index contributed by atoms with van der Waals surface area (Å²) >= 11 is 0. The number of amides is 3. The van der Waals surface area contributed by atoms with E-state index in [4.69, 9.17) is 0 Å². The van der Waals surface area contributed by atoms with Gasteiger partial charge in [0.25, 0.3) is 5.69 Å². The van der Waals surface area contributed by atoms with E-state index in [1.807, 2.05) is 9.80 Å². The molecule has 0 atom stereocenters. The molecule has 2 aliphatic rings. The third-order valence-corrected chi connectivity index (χ3v) is 5.51. The molecule has 1 aromatic carbocycles. The number of urea groups is 1. The Balaban J connectivity index is 1.54. The van der Waals surface area contributed by atoms with Gasteiger partial charge in [0.05, 0.1) is 4.92 Å². The fraction of sp³-hybridized carbons (Fsp3) is 0.579. The van der Waals surface area contributed by atoms with Crippen molar-refractivity contribution in [3.05, 3.63) is 34.4 Å². The minimum absolute atomic E-state index is 0.0102. The van der Waals surface area contributed by atoms with Crippen LogP contribution in [0.3, 0.4) is 0 Å². The molecule has 0 radical (unpaired) electrons. The average molecular weight is 389 g/mol. The zero-order chi connectivity index (χ0) is 20.3. The van der Waals surface area contributed by atoms with Gasteiger partial charge in [-0.05, 0) is 18.9 Å². The SMILES string of the molecule is CN(C)C(=O)N1CCC(C(=O)N2CCN(c3ccccc3[N+](=O)[O-])CC2)CC1. The van der Waals surface area contributed by atoms with Crippen LogP contribution in [-0.4, -0.2) is 84.9 Å². The molecule has 0 N–H and O–H groups in total. The van der Waals surface area contributed by atoms with E-state index in [0.29, 0.717) is 57.8 Å². The van der Waals surface area contributed by atoms with Crippen LogP contribution in [0.1, 0.15) is 12.8 Å². The Kier molecular flexibility index (Phi) is 6.01. The van der Waals surface area contributed by atoms with Crippen LogP contribution in [0.5, 0.6) is 0 Å². The molecule has 2 heterocycles. The van der Waals surface area contributed by atoms with Gasteiger partial charge < -0.3 is 19.6 Å². The smallest absolute Gasteiger partial charge is 0.319 e. The van der Waals surface area contributed by atoms with Crippen molar-refractivity contribution in [3.8, 4) is 0 Å². The Morgan fingerprint density at radius 2 is 1.61 bits per heavy atom. The maximum absolute atomic E-state index is 12.9. The molecule has 152 valence electrons. The molecular formula is C19H27N5O4. The first kappa shape index (κ1) is 19.9. The largest absolute Gasteiger partial charge is 0.362 e. The summed E-state index contributed by atoms with van der Waals surface area (Å²) in [5.41, 5.74) is 0.704. The lowest BCUT2D eigenvalue weighted by molar-refractivity contribution is -0.384. The van der Waals surface area contributed by atoms with Crippen LogP contribution in [0.2, 0.25) is 0 Å². The average Bonchev–Trinajstić information content (AvgIpc) is 2.73. The van der Waals surface area contributed by atoms with Crippen molar-refractivity contribution in [2.45, 2.75) is 12.8 Å². The van der Waals surface area contributed by atoms with Crippen molar-refractivity contribution >= 4 is 23.3 Å². The maximum Gasteiger partial charge on any atom is 0.319 e. The van der Waals surface area contributed by atoms with Crippen LogP contribution in [0.4, 0.5) is 16.2 Å². The van der Waals surface area contributed by atoms with Crippen LogP contribution in [0.15, 0.2) is 24.3 Å². The van der Waals surface area contributed by atoms with Gasteiger partial charge in [-0.3, -0.25) is 14.9 Å². The highest BCUT2D eigenvalue weighted by molar-refractivity contribution is 5.80. The number of carbonyl (C=O) groups is 2. The van der Waals surface area contributed by atoms with E-state index in [1.54, 1.807) is 42.1 Å². The zero-order valence-electron chi connectivity index (χ0n) is 16.4. The summed E-state index contributed by atoms with van der Waals surface area (Å²) in [6.45, 7) is 3.47. The molecule has 9 heteroatoms. The van der Waals surface area contributed by atoms with E-state index in [9.17, 15) is 19.7 Å². The number of hydrogen-bond donors (Lipinski definition) is 0. The van der Waals surface area contributed by atoms with Gasteiger partial charge in [0, 0.05) is 65.3 Å². The van der Waals surface area contributed by atoms with E-state index in [0.717, 1.165) is 0 Å². The lowest BCUT2D eigenvalue weighted by Crippen LogP contribution is -2.52. The highest BCUT2D eigenvalue weighted by atomic mass is 16.6. The Labute approximate surface area is 164 Å². The second kappa shape index (κ2) is 8.45. The first-order valence-corrected chi connectivity index (χ1v) is 9.62. The lowest BCUT2D eigenvalue weighted by Gasteiger charge is -2.39. The lowest BCUT2D eigenvalue weighted by atomic mass is 9.95. The molecule has 0 unspecified atom stereocenters. The van der Waals surface area contributed by atoms with E-state index in [2.05, 4.69) is 0 Å². The van der Waals surface area contributed by atoms with E-state index in [-0.39, 0.29) is 28.5 Å². The third-order valence-electron chi connectivity index (χ3n) is 5.51. The number of para-hydroxylation sites is 2. The van der Waals surface area contributed by atoms with Crippen molar-refractivity contribution in [1.29, 1.82) is 0 Å². The third kappa shape index (κ3) is 4.18. The van der Waals surface area contributed by atoms with Crippen molar-refractivity contribution in [2.24, 2.45) is 5.92 Å². The summed E-state index contributed by atoms with van der Waals surface area (Å²) < 4.78 is 0. The maximum atomic E-state index is 12.9. The zero-order valence-corrected chi connectivity index (χ0v) is 16.4. The molecule has 2 fully saturated rings. The molecule has 3 rings (SSSR count). The van der Waals surface area contributed by atoms with Crippen LogP contribution >= 0.6 is 0 Å². The molecule has 0 aromatic heterocycles. The molecule has 9 nitrogen and oxygen atoms in total. The Hall–Kier alpha value is -2.84. The second-order valence-electron chi connectivity index (χ2n) is 7.50. The number of nitro benzene ring substituents is 1. The van der Waals surface area contributed by atoms with Crippen molar-refractivity contribution in [3.63, 3.8) is 0 Å². The molecule has 1 aromatic rings. The monoisotopic (exact) mass is 389 g/mol.